The van der Waals surface area contributed by atoms with E-state index in [2.05, 4.69) is 16.7 Å². The lowest BCUT2D eigenvalue weighted by atomic mass is 10.1. The van der Waals surface area contributed by atoms with Crippen molar-refractivity contribution < 1.29 is 8.42 Å². The van der Waals surface area contributed by atoms with Crippen molar-refractivity contribution in [1.29, 1.82) is 0 Å². The minimum Gasteiger partial charge on any atom is -0.329 e. The van der Waals surface area contributed by atoms with Gasteiger partial charge in [-0.15, -0.1) is 0 Å². The number of hydrogen-bond donors (Lipinski definition) is 2. The molecule has 1 aliphatic carbocycles. The number of nitrogens with two attached hydrogens (primary N) is 1. The van der Waals surface area contributed by atoms with Gasteiger partial charge in [0, 0.05) is 13.1 Å². The van der Waals surface area contributed by atoms with Crippen LogP contribution in [0.25, 0.3) is 0 Å². The van der Waals surface area contributed by atoms with Crippen molar-refractivity contribution in [2.24, 2.45) is 17.6 Å². The van der Waals surface area contributed by atoms with Crippen LogP contribution in [0.3, 0.4) is 0 Å². The van der Waals surface area contributed by atoms with Crippen LogP contribution in [0.15, 0.2) is 4.90 Å². The fraction of sp³-hybridized carbons (Fsp3) is 0.786. The van der Waals surface area contributed by atoms with E-state index < -0.39 is 10.0 Å². The molecule has 0 aromatic carbocycles. The zero-order valence-electron chi connectivity index (χ0n) is 13.1. The molecule has 0 aliphatic heterocycles. The van der Waals surface area contributed by atoms with Crippen molar-refractivity contribution in [3.05, 3.63) is 11.4 Å². The summed E-state index contributed by atoms with van der Waals surface area (Å²) in [4.78, 5) is 0.307. The lowest BCUT2D eigenvalue weighted by Crippen LogP contribution is -2.29. The highest BCUT2D eigenvalue weighted by molar-refractivity contribution is 7.89. The number of nitrogens with one attached hydrogen (secondary N) is 1. The molecule has 1 aromatic heterocycles. The summed E-state index contributed by atoms with van der Waals surface area (Å²) < 4.78 is 29.5. The molecule has 1 aromatic rings. The Bertz CT molecular complexity index is 594. The van der Waals surface area contributed by atoms with Gasteiger partial charge in [0.25, 0.3) is 0 Å². The van der Waals surface area contributed by atoms with Crippen LogP contribution in [0.2, 0.25) is 0 Å². The Morgan fingerprint density at radius 3 is 2.67 bits per heavy atom. The van der Waals surface area contributed by atoms with Gasteiger partial charge in [0.2, 0.25) is 10.0 Å². The highest BCUT2D eigenvalue weighted by Gasteiger charge is 2.27. The molecule has 120 valence electrons. The third kappa shape index (κ3) is 3.64. The maximum absolute atomic E-state index is 12.5. The van der Waals surface area contributed by atoms with E-state index in [0.717, 1.165) is 12.8 Å². The van der Waals surface area contributed by atoms with Gasteiger partial charge in [0.05, 0.1) is 17.9 Å². The summed E-state index contributed by atoms with van der Waals surface area (Å²) in [6.45, 7) is 7.22. The normalized spacial score (nSPS) is 22.9. The Balaban J connectivity index is 2.12. The molecule has 2 unspecified atom stereocenters. The van der Waals surface area contributed by atoms with Crippen LogP contribution in [0.5, 0.6) is 0 Å². The van der Waals surface area contributed by atoms with E-state index in [-0.39, 0.29) is 0 Å². The molecule has 7 heteroatoms. The van der Waals surface area contributed by atoms with E-state index in [0.29, 0.717) is 47.8 Å². The molecular formula is C14H26N4O2S. The number of hydrogen-bond acceptors (Lipinski definition) is 4. The fourth-order valence-electron chi connectivity index (χ4n) is 3.22. The minimum absolute atomic E-state index is 0.307. The van der Waals surface area contributed by atoms with Crippen molar-refractivity contribution >= 4 is 10.0 Å². The Morgan fingerprint density at radius 1 is 1.38 bits per heavy atom. The molecule has 1 heterocycles. The van der Waals surface area contributed by atoms with E-state index in [1.54, 1.807) is 18.5 Å². The lowest BCUT2D eigenvalue weighted by molar-refractivity contribution is 0.498. The van der Waals surface area contributed by atoms with Gasteiger partial charge in [-0.3, -0.25) is 4.68 Å². The third-order valence-electron chi connectivity index (χ3n) is 4.29. The Labute approximate surface area is 127 Å². The van der Waals surface area contributed by atoms with E-state index in [9.17, 15) is 8.42 Å². The van der Waals surface area contributed by atoms with Gasteiger partial charge in [-0.25, -0.2) is 13.1 Å². The highest BCUT2D eigenvalue weighted by atomic mass is 32.2. The van der Waals surface area contributed by atoms with Crippen LogP contribution in [0, 0.1) is 25.7 Å². The third-order valence-corrected chi connectivity index (χ3v) is 5.97. The quantitative estimate of drug-likeness (QED) is 0.825. The molecule has 0 amide bonds. The zero-order chi connectivity index (χ0) is 15.6. The maximum atomic E-state index is 12.5. The second-order valence-electron chi connectivity index (χ2n) is 6.15. The molecule has 2 atom stereocenters. The van der Waals surface area contributed by atoms with E-state index in [1.165, 1.54) is 6.42 Å². The van der Waals surface area contributed by atoms with Crippen LogP contribution < -0.4 is 10.5 Å². The standard InChI is InChI=1S/C14H26N4O2S/c1-10-4-5-13(8-10)9-16-21(19,20)14-11(2)17-18(7-6-15)12(14)3/h10,13,16H,4-9,15H2,1-3H3. The SMILES string of the molecule is Cc1nn(CCN)c(C)c1S(=O)(=O)NCC1CCC(C)C1. The van der Waals surface area contributed by atoms with Crippen LogP contribution in [-0.2, 0) is 16.6 Å². The predicted molar refractivity (Wildman–Crippen MR) is 82.4 cm³/mol. The maximum Gasteiger partial charge on any atom is 0.244 e. The first-order valence-corrected chi connectivity index (χ1v) is 9.07. The summed E-state index contributed by atoms with van der Waals surface area (Å²) in [5.41, 5.74) is 6.72. The first-order valence-electron chi connectivity index (χ1n) is 7.59. The van der Waals surface area contributed by atoms with Gasteiger partial charge in [0.15, 0.2) is 0 Å². The molecule has 1 aliphatic rings. The molecular weight excluding hydrogens is 288 g/mol. The topological polar surface area (TPSA) is 90.0 Å². The second kappa shape index (κ2) is 6.46. The van der Waals surface area contributed by atoms with Crippen LogP contribution in [-0.4, -0.2) is 31.3 Å². The van der Waals surface area contributed by atoms with Gasteiger partial charge < -0.3 is 5.73 Å². The summed E-state index contributed by atoms with van der Waals surface area (Å²) in [5.74, 6) is 1.16. The van der Waals surface area contributed by atoms with Gasteiger partial charge in [-0.05, 0) is 38.5 Å². The first kappa shape index (κ1) is 16.5. The van der Waals surface area contributed by atoms with Crippen LogP contribution in [0.1, 0.15) is 37.6 Å². The molecule has 0 radical (unpaired) electrons. The smallest absolute Gasteiger partial charge is 0.244 e. The molecule has 2 rings (SSSR count). The van der Waals surface area contributed by atoms with Crippen molar-refractivity contribution in [3.63, 3.8) is 0 Å². The number of aromatic nitrogens is 2. The van der Waals surface area contributed by atoms with E-state index in [1.807, 2.05) is 0 Å². The van der Waals surface area contributed by atoms with Gasteiger partial charge in [-0.2, -0.15) is 5.10 Å². The largest absolute Gasteiger partial charge is 0.329 e. The average Bonchev–Trinajstić information content (AvgIpc) is 2.93. The van der Waals surface area contributed by atoms with Crippen molar-refractivity contribution in [2.45, 2.75) is 51.5 Å². The van der Waals surface area contributed by atoms with Crippen LogP contribution in [0.4, 0.5) is 0 Å². The molecule has 1 fully saturated rings. The van der Waals surface area contributed by atoms with Gasteiger partial charge in [0.1, 0.15) is 4.90 Å². The fourth-order valence-corrected chi connectivity index (χ4v) is 4.74. The summed E-state index contributed by atoms with van der Waals surface area (Å²) in [6, 6.07) is 0. The number of sulfonamides is 1. The molecule has 21 heavy (non-hydrogen) atoms. The van der Waals surface area contributed by atoms with E-state index >= 15 is 0 Å². The lowest BCUT2D eigenvalue weighted by Gasteiger charge is -2.12. The van der Waals surface area contributed by atoms with E-state index in [4.69, 9.17) is 5.73 Å². The monoisotopic (exact) mass is 314 g/mol. The molecule has 0 spiro atoms. The zero-order valence-corrected chi connectivity index (χ0v) is 13.9. The summed E-state index contributed by atoms with van der Waals surface area (Å²) >= 11 is 0. The number of rotatable bonds is 6. The predicted octanol–water partition coefficient (Wildman–Crippen LogP) is 1.17. The van der Waals surface area contributed by atoms with Crippen molar-refractivity contribution in [1.82, 2.24) is 14.5 Å². The Kier molecular flexibility index (Phi) is 5.06. The van der Waals surface area contributed by atoms with Crippen molar-refractivity contribution in [3.8, 4) is 0 Å². The number of nitrogens with zero attached hydrogens (tertiary/aromatic N) is 2. The Morgan fingerprint density at radius 2 is 2.10 bits per heavy atom. The van der Waals surface area contributed by atoms with Crippen molar-refractivity contribution in [2.75, 3.05) is 13.1 Å². The minimum atomic E-state index is -3.50. The molecule has 0 bridgehead atoms. The molecule has 3 N–H and O–H groups in total. The summed E-state index contributed by atoms with van der Waals surface area (Å²) in [6.07, 6.45) is 3.40. The summed E-state index contributed by atoms with van der Waals surface area (Å²) in [7, 11) is -3.50. The highest BCUT2D eigenvalue weighted by Crippen LogP contribution is 2.30. The first-order chi connectivity index (χ1) is 9.85. The Hall–Kier alpha value is -0.920. The van der Waals surface area contributed by atoms with Gasteiger partial charge in [-0.1, -0.05) is 13.3 Å². The number of aryl methyl sites for hydroxylation is 1. The molecule has 6 nitrogen and oxygen atoms in total. The average molecular weight is 314 g/mol. The van der Waals surface area contributed by atoms with Gasteiger partial charge >= 0.3 is 0 Å². The van der Waals surface area contributed by atoms with Crippen LogP contribution >= 0.6 is 0 Å². The summed E-state index contributed by atoms with van der Waals surface area (Å²) in [5, 5.41) is 4.28. The molecule has 1 saturated carbocycles. The second-order valence-corrected chi connectivity index (χ2v) is 7.85. The molecule has 0 saturated heterocycles.